The van der Waals surface area contributed by atoms with Crippen LogP contribution < -0.4 is 15.6 Å². The van der Waals surface area contributed by atoms with Gasteiger partial charge in [-0.25, -0.2) is 4.98 Å². The van der Waals surface area contributed by atoms with Crippen LogP contribution in [0.4, 0.5) is 0 Å². The number of hydrogen-bond donors (Lipinski definition) is 2. The van der Waals surface area contributed by atoms with Crippen molar-refractivity contribution in [1.82, 2.24) is 25.6 Å². The first-order valence-corrected chi connectivity index (χ1v) is 10.3. The van der Waals surface area contributed by atoms with Gasteiger partial charge in [-0.15, -0.1) is 0 Å². The average molecular weight is 474 g/mol. The number of benzene rings is 1. The second kappa shape index (κ2) is 8.83. The number of pyridine rings is 1. The summed E-state index contributed by atoms with van der Waals surface area (Å²) in [4.78, 5) is 29.9. The maximum Gasteiger partial charge on any atom is 0.279 e. The Morgan fingerprint density at radius 3 is 2.57 bits per heavy atom. The third-order valence-corrected chi connectivity index (χ3v) is 5.10. The highest BCUT2D eigenvalue weighted by Gasteiger charge is 2.21. The third kappa shape index (κ3) is 4.62. The van der Waals surface area contributed by atoms with Gasteiger partial charge in [0.05, 0.1) is 16.6 Å². The van der Waals surface area contributed by atoms with E-state index in [0.717, 1.165) is 10.2 Å². The van der Waals surface area contributed by atoms with Crippen LogP contribution in [0.15, 0.2) is 34.8 Å². The number of hydrazine groups is 1. The number of carbonyl (C=O) groups excluding carboxylic acids is 2. The smallest absolute Gasteiger partial charge is 0.279 e. The van der Waals surface area contributed by atoms with Crippen LogP contribution in [0.2, 0.25) is 0 Å². The molecule has 3 aromatic rings. The first kappa shape index (κ1) is 21.8. The number of aryl methyl sites for hydroxylation is 2. The summed E-state index contributed by atoms with van der Waals surface area (Å²) in [7, 11) is 1.79. The lowest BCUT2D eigenvalue weighted by molar-refractivity contribution is -0.128. The number of ether oxygens (including phenoxy) is 1. The van der Waals surface area contributed by atoms with Gasteiger partial charge in [0.2, 0.25) is 0 Å². The van der Waals surface area contributed by atoms with Gasteiger partial charge in [-0.2, -0.15) is 5.10 Å². The molecular formula is C21H24BrN5O3. The maximum absolute atomic E-state index is 12.9. The van der Waals surface area contributed by atoms with Gasteiger partial charge in [0.15, 0.2) is 11.8 Å². The summed E-state index contributed by atoms with van der Waals surface area (Å²) < 4.78 is 8.12. The molecule has 1 aromatic carbocycles. The van der Waals surface area contributed by atoms with E-state index in [1.807, 2.05) is 32.9 Å². The second-order valence-corrected chi connectivity index (χ2v) is 8.23. The van der Waals surface area contributed by atoms with Crippen molar-refractivity contribution in [3.63, 3.8) is 0 Å². The Morgan fingerprint density at radius 2 is 1.90 bits per heavy atom. The molecule has 0 bridgehead atoms. The minimum atomic E-state index is -0.802. The molecule has 0 radical (unpaired) electrons. The zero-order chi connectivity index (χ0) is 22.0. The van der Waals surface area contributed by atoms with Crippen LogP contribution in [0.25, 0.3) is 11.0 Å². The number of rotatable bonds is 5. The van der Waals surface area contributed by atoms with Crippen molar-refractivity contribution in [2.24, 2.45) is 7.05 Å². The lowest BCUT2D eigenvalue weighted by atomic mass is 10.0. The minimum Gasteiger partial charge on any atom is -0.481 e. The lowest BCUT2D eigenvalue weighted by Gasteiger charge is -2.16. The number of hydrogen-bond acceptors (Lipinski definition) is 5. The van der Waals surface area contributed by atoms with Gasteiger partial charge >= 0.3 is 0 Å². The summed E-state index contributed by atoms with van der Waals surface area (Å²) in [6.07, 6.45) is -0.802. The molecule has 2 aromatic heterocycles. The third-order valence-electron chi connectivity index (χ3n) is 4.60. The Hall–Kier alpha value is -2.94. The zero-order valence-corrected chi connectivity index (χ0v) is 19.1. The quantitative estimate of drug-likeness (QED) is 0.553. The lowest BCUT2D eigenvalue weighted by Crippen LogP contribution is -2.47. The number of nitrogens with one attached hydrogen (secondary N) is 2. The first-order chi connectivity index (χ1) is 14.2. The average Bonchev–Trinajstić information content (AvgIpc) is 2.98. The van der Waals surface area contributed by atoms with Gasteiger partial charge in [-0.3, -0.25) is 25.1 Å². The molecule has 0 spiro atoms. The molecule has 0 saturated carbocycles. The van der Waals surface area contributed by atoms with Crippen LogP contribution >= 0.6 is 15.9 Å². The SMILES string of the molecule is Cc1nn(C)c2nc(C(C)C)cc(C(=O)NNC(=O)C(C)Oc3cccc(Br)c3)c12. The molecule has 30 heavy (non-hydrogen) atoms. The van der Waals surface area contributed by atoms with Crippen LogP contribution in [0.1, 0.15) is 48.4 Å². The fourth-order valence-corrected chi connectivity index (χ4v) is 3.40. The molecule has 9 heteroatoms. The monoisotopic (exact) mass is 473 g/mol. The zero-order valence-electron chi connectivity index (χ0n) is 17.5. The van der Waals surface area contributed by atoms with Gasteiger partial charge in [0.25, 0.3) is 11.8 Å². The fourth-order valence-electron chi connectivity index (χ4n) is 3.02. The van der Waals surface area contributed by atoms with Crippen molar-refractivity contribution in [2.75, 3.05) is 0 Å². The number of fused-ring (bicyclic) bond motifs is 1. The summed E-state index contributed by atoms with van der Waals surface area (Å²) >= 11 is 3.36. The molecule has 0 saturated heterocycles. The van der Waals surface area contributed by atoms with E-state index in [-0.39, 0.29) is 5.92 Å². The number of halogens is 1. The topological polar surface area (TPSA) is 98.1 Å². The number of aromatic nitrogens is 3. The molecule has 158 valence electrons. The van der Waals surface area contributed by atoms with E-state index < -0.39 is 17.9 Å². The van der Waals surface area contributed by atoms with E-state index in [4.69, 9.17) is 4.74 Å². The second-order valence-electron chi connectivity index (χ2n) is 7.32. The summed E-state index contributed by atoms with van der Waals surface area (Å²) in [6, 6.07) is 8.92. The number of carbonyl (C=O) groups is 2. The molecule has 1 atom stereocenters. The standard InChI is InChI=1S/C21H24BrN5O3/c1-11(2)17-10-16(18-12(3)26-27(5)19(18)23-17)21(29)25-24-20(28)13(4)30-15-8-6-7-14(22)9-15/h6-11,13H,1-5H3,(H,24,28)(H,25,29). The molecule has 3 rings (SSSR count). The van der Waals surface area contributed by atoms with Crippen LogP contribution in [0.3, 0.4) is 0 Å². The van der Waals surface area contributed by atoms with E-state index in [2.05, 4.69) is 36.9 Å². The van der Waals surface area contributed by atoms with Gasteiger partial charge in [-0.05, 0) is 44.0 Å². The molecule has 8 nitrogen and oxygen atoms in total. The molecular weight excluding hydrogens is 450 g/mol. The summed E-state index contributed by atoms with van der Waals surface area (Å²) in [6.45, 7) is 7.43. The molecule has 0 aliphatic rings. The van der Waals surface area contributed by atoms with Gasteiger partial charge in [0, 0.05) is 17.2 Å². The predicted octanol–water partition coefficient (Wildman–Crippen LogP) is 3.39. The van der Waals surface area contributed by atoms with Crippen LogP contribution in [0.5, 0.6) is 5.75 Å². The van der Waals surface area contributed by atoms with Crippen LogP contribution in [0, 0.1) is 6.92 Å². The Labute approximate surface area is 183 Å². The van der Waals surface area contributed by atoms with E-state index >= 15 is 0 Å². The number of amides is 2. The van der Waals surface area contributed by atoms with Crippen molar-refractivity contribution in [2.45, 2.75) is 39.7 Å². The highest BCUT2D eigenvalue weighted by Crippen LogP contribution is 2.24. The van der Waals surface area contributed by atoms with Crippen LogP contribution in [-0.4, -0.2) is 32.7 Å². The Bertz CT molecular complexity index is 1110. The predicted molar refractivity (Wildman–Crippen MR) is 117 cm³/mol. The molecule has 2 amide bonds. The van der Waals surface area contributed by atoms with Crippen molar-refractivity contribution in [1.29, 1.82) is 0 Å². The summed E-state index contributed by atoms with van der Waals surface area (Å²) in [5, 5.41) is 5.03. The highest BCUT2D eigenvalue weighted by atomic mass is 79.9. The van der Waals surface area contributed by atoms with Crippen molar-refractivity contribution >= 4 is 38.8 Å². The normalized spacial score (nSPS) is 12.1. The van der Waals surface area contributed by atoms with Crippen molar-refractivity contribution in [3.05, 3.63) is 51.8 Å². The van der Waals surface area contributed by atoms with Gasteiger partial charge in [-0.1, -0.05) is 35.8 Å². The van der Waals surface area contributed by atoms with E-state index in [1.54, 1.807) is 36.9 Å². The molecule has 0 aliphatic carbocycles. The Kier molecular flexibility index (Phi) is 6.40. The van der Waals surface area contributed by atoms with E-state index in [1.165, 1.54) is 0 Å². The van der Waals surface area contributed by atoms with Gasteiger partial charge < -0.3 is 4.74 Å². The largest absolute Gasteiger partial charge is 0.481 e. The van der Waals surface area contributed by atoms with Crippen molar-refractivity contribution in [3.8, 4) is 5.75 Å². The highest BCUT2D eigenvalue weighted by molar-refractivity contribution is 9.10. The number of nitrogens with zero attached hydrogens (tertiary/aromatic N) is 3. The molecule has 0 aliphatic heterocycles. The Balaban J connectivity index is 1.75. The fraction of sp³-hybridized carbons (Fsp3) is 0.333. The summed E-state index contributed by atoms with van der Waals surface area (Å²) in [5.74, 6) is -0.241. The van der Waals surface area contributed by atoms with E-state index in [9.17, 15) is 9.59 Å². The summed E-state index contributed by atoms with van der Waals surface area (Å²) in [5.41, 5.74) is 7.41. The molecule has 0 fully saturated rings. The van der Waals surface area contributed by atoms with E-state index in [0.29, 0.717) is 28.0 Å². The first-order valence-electron chi connectivity index (χ1n) is 9.54. The Morgan fingerprint density at radius 1 is 1.17 bits per heavy atom. The molecule has 2 N–H and O–H groups in total. The minimum absolute atomic E-state index is 0.129. The maximum atomic E-state index is 12.9. The van der Waals surface area contributed by atoms with Crippen molar-refractivity contribution < 1.29 is 14.3 Å². The molecule has 2 heterocycles. The molecule has 1 unspecified atom stereocenters. The van der Waals surface area contributed by atoms with Crippen LogP contribution in [-0.2, 0) is 11.8 Å². The van der Waals surface area contributed by atoms with Gasteiger partial charge in [0.1, 0.15) is 5.75 Å².